The zero-order chi connectivity index (χ0) is 14.1. The van der Waals surface area contributed by atoms with Gasteiger partial charge < -0.3 is 20.5 Å². The first-order chi connectivity index (χ1) is 9.15. The Morgan fingerprint density at radius 2 is 2.26 bits per heavy atom. The number of urea groups is 1. The lowest BCUT2D eigenvalue weighted by atomic mass is 10.1. The van der Waals surface area contributed by atoms with Crippen LogP contribution in [0.3, 0.4) is 0 Å². The minimum absolute atomic E-state index is 0.140. The third-order valence-electron chi connectivity index (χ3n) is 2.64. The molecule has 1 rings (SSSR count). The van der Waals surface area contributed by atoms with E-state index in [1.807, 2.05) is 26.0 Å². The van der Waals surface area contributed by atoms with Gasteiger partial charge in [0.1, 0.15) is 5.75 Å². The van der Waals surface area contributed by atoms with E-state index in [0.717, 1.165) is 5.75 Å². The summed E-state index contributed by atoms with van der Waals surface area (Å²) in [6, 6.07) is 7.00. The van der Waals surface area contributed by atoms with Gasteiger partial charge in [0, 0.05) is 24.9 Å². The van der Waals surface area contributed by atoms with Crippen molar-refractivity contribution in [3.05, 3.63) is 24.3 Å². The van der Waals surface area contributed by atoms with Gasteiger partial charge >= 0.3 is 6.03 Å². The number of carbonyl (C=O) groups is 1. The summed E-state index contributed by atoms with van der Waals surface area (Å²) in [7, 11) is 0. The topological polar surface area (TPSA) is 70.6 Å². The largest absolute Gasteiger partial charge is 0.494 e. The fraction of sp³-hybridized carbons (Fsp3) is 0.500. The zero-order valence-electron chi connectivity index (χ0n) is 11.5. The monoisotopic (exact) mass is 266 g/mol. The van der Waals surface area contributed by atoms with Gasteiger partial charge in [-0.2, -0.15) is 0 Å². The Labute approximate surface area is 114 Å². The van der Waals surface area contributed by atoms with E-state index >= 15 is 0 Å². The molecule has 0 aliphatic heterocycles. The van der Waals surface area contributed by atoms with Crippen LogP contribution in [0.2, 0.25) is 0 Å². The van der Waals surface area contributed by atoms with Crippen LogP contribution in [0.15, 0.2) is 24.3 Å². The van der Waals surface area contributed by atoms with Crippen molar-refractivity contribution in [1.82, 2.24) is 5.32 Å². The van der Waals surface area contributed by atoms with Crippen LogP contribution >= 0.6 is 0 Å². The average molecular weight is 266 g/mol. The van der Waals surface area contributed by atoms with Crippen LogP contribution in [0.5, 0.6) is 5.75 Å². The van der Waals surface area contributed by atoms with Crippen LogP contribution in [0.1, 0.15) is 20.3 Å². The number of carbonyl (C=O) groups excluding carboxylic acids is 1. The molecule has 0 radical (unpaired) electrons. The molecule has 0 bridgehead atoms. The number of hydrogen-bond acceptors (Lipinski definition) is 3. The minimum atomic E-state index is -0.251. The van der Waals surface area contributed by atoms with Crippen LogP contribution < -0.4 is 15.4 Å². The normalized spacial score (nSPS) is 11.7. The van der Waals surface area contributed by atoms with E-state index in [4.69, 9.17) is 9.84 Å². The maximum Gasteiger partial charge on any atom is 0.319 e. The summed E-state index contributed by atoms with van der Waals surface area (Å²) in [5, 5.41) is 14.3. The quantitative estimate of drug-likeness (QED) is 0.708. The first-order valence-corrected chi connectivity index (χ1v) is 6.54. The van der Waals surface area contributed by atoms with Gasteiger partial charge in [0.2, 0.25) is 0 Å². The van der Waals surface area contributed by atoms with Gasteiger partial charge in [0.25, 0.3) is 0 Å². The highest BCUT2D eigenvalue weighted by atomic mass is 16.5. The Morgan fingerprint density at radius 1 is 1.47 bits per heavy atom. The van der Waals surface area contributed by atoms with E-state index in [1.54, 1.807) is 12.1 Å². The van der Waals surface area contributed by atoms with Crippen molar-refractivity contribution in [1.29, 1.82) is 0 Å². The van der Waals surface area contributed by atoms with Crippen molar-refractivity contribution in [2.45, 2.75) is 20.3 Å². The van der Waals surface area contributed by atoms with Crippen molar-refractivity contribution in [2.75, 3.05) is 25.1 Å². The molecule has 0 aliphatic carbocycles. The minimum Gasteiger partial charge on any atom is -0.494 e. The second-order valence-corrected chi connectivity index (χ2v) is 4.41. The number of aliphatic hydroxyl groups is 1. The maximum atomic E-state index is 11.7. The predicted molar refractivity (Wildman–Crippen MR) is 75.5 cm³/mol. The van der Waals surface area contributed by atoms with Gasteiger partial charge in [-0.1, -0.05) is 13.0 Å². The Bertz CT molecular complexity index is 396. The number of hydrogen-bond donors (Lipinski definition) is 3. The highest BCUT2D eigenvalue weighted by Gasteiger charge is 2.05. The number of aliphatic hydroxyl groups excluding tert-OH is 1. The Balaban J connectivity index is 2.41. The van der Waals surface area contributed by atoms with Crippen molar-refractivity contribution in [3.63, 3.8) is 0 Å². The molecule has 106 valence electrons. The van der Waals surface area contributed by atoms with E-state index < -0.39 is 0 Å². The molecule has 0 saturated heterocycles. The van der Waals surface area contributed by atoms with Crippen LogP contribution in [0.25, 0.3) is 0 Å². The first kappa shape index (κ1) is 15.3. The fourth-order valence-electron chi connectivity index (χ4n) is 1.59. The van der Waals surface area contributed by atoms with Crippen LogP contribution in [0.4, 0.5) is 10.5 Å². The van der Waals surface area contributed by atoms with Gasteiger partial charge in [-0.3, -0.25) is 0 Å². The van der Waals surface area contributed by atoms with E-state index in [2.05, 4.69) is 10.6 Å². The van der Waals surface area contributed by atoms with E-state index in [9.17, 15) is 4.79 Å². The molecule has 2 amide bonds. The van der Waals surface area contributed by atoms with Gasteiger partial charge in [-0.25, -0.2) is 4.79 Å². The number of anilines is 1. The first-order valence-electron chi connectivity index (χ1n) is 6.54. The highest BCUT2D eigenvalue weighted by Crippen LogP contribution is 2.17. The third-order valence-corrected chi connectivity index (χ3v) is 2.64. The molecule has 0 aromatic heterocycles. The lowest BCUT2D eigenvalue weighted by Crippen LogP contribution is -2.32. The van der Waals surface area contributed by atoms with E-state index in [-0.39, 0.29) is 18.6 Å². The summed E-state index contributed by atoms with van der Waals surface area (Å²) in [5.74, 6) is 0.986. The summed E-state index contributed by atoms with van der Waals surface area (Å²) in [4.78, 5) is 11.7. The molecule has 0 heterocycles. The summed E-state index contributed by atoms with van der Waals surface area (Å²) < 4.78 is 5.36. The van der Waals surface area contributed by atoms with E-state index in [0.29, 0.717) is 25.3 Å². The second-order valence-electron chi connectivity index (χ2n) is 4.41. The molecular formula is C14H22N2O3. The molecule has 0 spiro atoms. The maximum absolute atomic E-state index is 11.7. The molecule has 19 heavy (non-hydrogen) atoms. The molecule has 1 aromatic rings. The number of ether oxygens (including phenoxy) is 1. The molecular weight excluding hydrogens is 244 g/mol. The van der Waals surface area contributed by atoms with Crippen molar-refractivity contribution < 1.29 is 14.6 Å². The average Bonchev–Trinajstić information content (AvgIpc) is 2.38. The highest BCUT2D eigenvalue weighted by molar-refractivity contribution is 5.89. The van der Waals surface area contributed by atoms with Gasteiger partial charge in [0.15, 0.2) is 0 Å². The Hall–Kier alpha value is -1.75. The molecule has 0 saturated carbocycles. The number of rotatable bonds is 7. The van der Waals surface area contributed by atoms with Crippen LogP contribution in [-0.2, 0) is 0 Å². The second kappa shape index (κ2) is 8.37. The van der Waals surface area contributed by atoms with Gasteiger partial charge in [-0.05, 0) is 31.4 Å². The third kappa shape index (κ3) is 6.10. The molecule has 5 nitrogen and oxygen atoms in total. The molecule has 1 aromatic carbocycles. The number of nitrogens with one attached hydrogen (secondary N) is 2. The Kier molecular flexibility index (Phi) is 6.74. The predicted octanol–water partition coefficient (Wildman–Crippen LogP) is 2.23. The lowest BCUT2D eigenvalue weighted by Gasteiger charge is -2.12. The SMILES string of the molecule is CCOc1cccc(NC(=O)NCC(C)CCO)c1. The Morgan fingerprint density at radius 3 is 2.95 bits per heavy atom. The zero-order valence-corrected chi connectivity index (χ0v) is 11.5. The molecule has 3 N–H and O–H groups in total. The van der Waals surface area contributed by atoms with E-state index in [1.165, 1.54) is 0 Å². The molecule has 1 unspecified atom stereocenters. The molecule has 0 fully saturated rings. The van der Waals surface area contributed by atoms with Gasteiger partial charge in [0.05, 0.1) is 6.61 Å². The molecule has 1 atom stereocenters. The van der Waals surface area contributed by atoms with Gasteiger partial charge in [-0.15, -0.1) is 0 Å². The smallest absolute Gasteiger partial charge is 0.319 e. The van der Waals surface area contributed by atoms with Crippen LogP contribution in [-0.4, -0.2) is 30.9 Å². The summed E-state index contributed by atoms with van der Waals surface area (Å²) in [6.45, 7) is 5.16. The van der Waals surface area contributed by atoms with Crippen molar-refractivity contribution in [2.24, 2.45) is 5.92 Å². The van der Waals surface area contributed by atoms with Crippen molar-refractivity contribution >= 4 is 11.7 Å². The fourth-order valence-corrected chi connectivity index (χ4v) is 1.59. The summed E-state index contributed by atoms with van der Waals surface area (Å²) in [5.41, 5.74) is 0.693. The standard InChI is InChI=1S/C14H22N2O3/c1-3-19-13-6-4-5-12(9-13)16-14(18)15-10-11(2)7-8-17/h4-6,9,11,17H,3,7-8,10H2,1-2H3,(H2,15,16,18). The summed E-state index contributed by atoms with van der Waals surface area (Å²) in [6.07, 6.45) is 0.681. The molecule has 5 heteroatoms. The lowest BCUT2D eigenvalue weighted by molar-refractivity contribution is 0.243. The number of benzene rings is 1. The number of amides is 2. The van der Waals surface area contributed by atoms with Crippen molar-refractivity contribution in [3.8, 4) is 5.75 Å². The molecule has 0 aliphatic rings. The van der Waals surface area contributed by atoms with Crippen LogP contribution in [0, 0.1) is 5.92 Å². The summed E-state index contributed by atoms with van der Waals surface area (Å²) >= 11 is 0.